The standard InChI is InChI=1S/C17H25FN2O3/c1-13(21)11-20(2)16(22)19-12-17(7-9-23-10-8-17)14-3-5-15(18)6-4-14/h3-6,13,21H,7-12H2,1-2H3,(H,19,22). The third kappa shape index (κ3) is 4.65. The van der Waals surface area contributed by atoms with Crippen molar-refractivity contribution in [3.05, 3.63) is 35.6 Å². The van der Waals surface area contributed by atoms with Gasteiger partial charge in [0.05, 0.1) is 6.10 Å². The predicted molar refractivity (Wildman–Crippen MR) is 85.8 cm³/mol. The predicted octanol–water partition coefficient (Wildman–Crippen LogP) is 1.90. The number of amides is 2. The smallest absolute Gasteiger partial charge is 0.317 e. The van der Waals surface area contributed by atoms with Gasteiger partial charge in [0.25, 0.3) is 0 Å². The minimum Gasteiger partial charge on any atom is -0.392 e. The summed E-state index contributed by atoms with van der Waals surface area (Å²) in [5, 5.41) is 12.3. The zero-order chi connectivity index (χ0) is 16.9. The second-order valence-electron chi connectivity index (χ2n) is 6.29. The molecule has 128 valence electrons. The number of benzene rings is 1. The van der Waals surface area contributed by atoms with E-state index in [0.29, 0.717) is 19.8 Å². The van der Waals surface area contributed by atoms with E-state index in [0.717, 1.165) is 18.4 Å². The number of nitrogens with one attached hydrogen (secondary N) is 1. The van der Waals surface area contributed by atoms with Crippen LogP contribution in [-0.4, -0.2) is 55.5 Å². The number of likely N-dealkylation sites (N-methyl/N-ethyl adjacent to an activating group) is 1. The molecule has 2 rings (SSSR count). The molecule has 6 heteroatoms. The van der Waals surface area contributed by atoms with Crippen LogP contribution in [0.4, 0.5) is 9.18 Å². The lowest BCUT2D eigenvalue weighted by atomic mass is 9.74. The molecule has 1 fully saturated rings. The molecule has 0 bridgehead atoms. The molecule has 1 heterocycles. The number of ether oxygens (including phenoxy) is 1. The molecular formula is C17H25FN2O3. The summed E-state index contributed by atoms with van der Waals surface area (Å²) in [6.45, 7) is 3.62. The Balaban J connectivity index is 2.07. The van der Waals surface area contributed by atoms with E-state index >= 15 is 0 Å². The Labute approximate surface area is 136 Å². The van der Waals surface area contributed by atoms with E-state index in [2.05, 4.69) is 5.32 Å². The highest BCUT2D eigenvalue weighted by Crippen LogP contribution is 2.34. The molecule has 1 aliphatic heterocycles. The van der Waals surface area contributed by atoms with Gasteiger partial charge in [-0.3, -0.25) is 0 Å². The van der Waals surface area contributed by atoms with Crippen molar-refractivity contribution in [2.75, 3.05) is 33.4 Å². The number of carbonyl (C=O) groups is 1. The van der Waals surface area contributed by atoms with Crippen molar-refractivity contribution < 1.29 is 19.0 Å². The van der Waals surface area contributed by atoms with E-state index in [1.165, 1.54) is 17.0 Å². The average Bonchev–Trinajstić information content (AvgIpc) is 2.53. The minimum absolute atomic E-state index is 0.223. The molecule has 0 saturated carbocycles. The van der Waals surface area contributed by atoms with Crippen LogP contribution in [0.5, 0.6) is 0 Å². The quantitative estimate of drug-likeness (QED) is 0.869. The third-order valence-electron chi connectivity index (χ3n) is 4.37. The molecule has 2 N–H and O–H groups in total. The number of nitrogens with zero attached hydrogens (tertiary/aromatic N) is 1. The van der Waals surface area contributed by atoms with Crippen molar-refractivity contribution in [1.82, 2.24) is 10.2 Å². The highest BCUT2D eigenvalue weighted by atomic mass is 19.1. The van der Waals surface area contributed by atoms with Crippen molar-refractivity contribution in [1.29, 1.82) is 0 Å². The van der Waals surface area contributed by atoms with Gasteiger partial charge >= 0.3 is 6.03 Å². The average molecular weight is 324 g/mol. The Hall–Kier alpha value is -1.66. The molecule has 1 aromatic carbocycles. The zero-order valence-corrected chi connectivity index (χ0v) is 13.7. The van der Waals surface area contributed by atoms with Gasteiger partial charge in [-0.15, -0.1) is 0 Å². The fourth-order valence-electron chi connectivity index (χ4n) is 2.99. The number of hydrogen-bond acceptors (Lipinski definition) is 3. The Morgan fingerprint density at radius 3 is 2.57 bits per heavy atom. The van der Waals surface area contributed by atoms with E-state index in [-0.39, 0.29) is 23.8 Å². The van der Waals surface area contributed by atoms with E-state index < -0.39 is 6.10 Å². The van der Waals surface area contributed by atoms with Crippen molar-refractivity contribution >= 4 is 6.03 Å². The third-order valence-corrected chi connectivity index (χ3v) is 4.37. The van der Waals surface area contributed by atoms with Gasteiger partial charge < -0.3 is 20.1 Å². The molecular weight excluding hydrogens is 299 g/mol. The van der Waals surface area contributed by atoms with E-state index in [4.69, 9.17) is 4.74 Å². The summed E-state index contributed by atoms with van der Waals surface area (Å²) in [4.78, 5) is 13.6. The van der Waals surface area contributed by atoms with Crippen molar-refractivity contribution in [3.63, 3.8) is 0 Å². The lowest BCUT2D eigenvalue weighted by Gasteiger charge is -2.38. The first-order chi connectivity index (χ1) is 10.9. The van der Waals surface area contributed by atoms with Crippen LogP contribution in [-0.2, 0) is 10.2 Å². The molecule has 1 unspecified atom stereocenters. The first kappa shape index (κ1) is 17.7. The summed E-state index contributed by atoms with van der Waals surface area (Å²) >= 11 is 0. The van der Waals surface area contributed by atoms with E-state index in [1.807, 2.05) is 0 Å². The van der Waals surface area contributed by atoms with E-state index in [9.17, 15) is 14.3 Å². The lowest BCUT2D eigenvalue weighted by molar-refractivity contribution is 0.0500. The van der Waals surface area contributed by atoms with Crippen molar-refractivity contribution in [2.45, 2.75) is 31.3 Å². The lowest BCUT2D eigenvalue weighted by Crippen LogP contribution is -2.48. The SMILES string of the molecule is CC(O)CN(C)C(=O)NCC1(c2ccc(F)cc2)CCOCC1. The number of hydrogen-bond donors (Lipinski definition) is 2. The van der Waals surface area contributed by atoms with Crippen LogP contribution < -0.4 is 5.32 Å². The molecule has 0 aliphatic carbocycles. The zero-order valence-electron chi connectivity index (χ0n) is 13.7. The number of carbonyl (C=O) groups excluding carboxylic acids is 1. The Bertz CT molecular complexity index is 513. The first-order valence-electron chi connectivity index (χ1n) is 7.94. The van der Waals surface area contributed by atoms with Gasteiger partial charge in [0.2, 0.25) is 0 Å². The second-order valence-corrected chi connectivity index (χ2v) is 6.29. The van der Waals surface area contributed by atoms with Crippen LogP contribution in [0.2, 0.25) is 0 Å². The minimum atomic E-state index is -0.570. The Morgan fingerprint density at radius 1 is 1.39 bits per heavy atom. The maximum absolute atomic E-state index is 13.2. The Morgan fingerprint density at radius 2 is 2.00 bits per heavy atom. The van der Waals surface area contributed by atoms with Crippen LogP contribution in [0, 0.1) is 5.82 Å². The monoisotopic (exact) mass is 324 g/mol. The molecule has 2 amide bonds. The van der Waals surface area contributed by atoms with Crippen LogP contribution in [0.3, 0.4) is 0 Å². The molecule has 0 spiro atoms. The molecule has 0 radical (unpaired) electrons. The Kier molecular flexibility index (Phi) is 5.96. The summed E-state index contributed by atoms with van der Waals surface area (Å²) in [6.07, 6.45) is 0.984. The molecule has 1 aliphatic rings. The van der Waals surface area contributed by atoms with Gasteiger partial charge in [0.1, 0.15) is 5.82 Å². The van der Waals surface area contributed by atoms with Crippen LogP contribution >= 0.6 is 0 Å². The van der Waals surface area contributed by atoms with E-state index in [1.54, 1.807) is 26.1 Å². The first-order valence-corrected chi connectivity index (χ1v) is 7.94. The maximum atomic E-state index is 13.2. The van der Waals surface area contributed by atoms with Gasteiger partial charge in [-0.1, -0.05) is 12.1 Å². The van der Waals surface area contributed by atoms with Crippen molar-refractivity contribution in [3.8, 4) is 0 Å². The number of rotatable bonds is 5. The van der Waals surface area contributed by atoms with Gasteiger partial charge in [0, 0.05) is 38.8 Å². The summed E-state index contributed by atoms with van der Waals surface area (Å²) in [6, 6.07) is 6.25. The summed E-state index contributed by atoms with van der Waals surface area (Å²) < 4.78 is 18.6. The van der Waals surface area contributed by atoms with Gasteiger partial charge in [-0.25, -0.2) is 9.18 Å². The number of aliphatic hydroxyl groups excluding tert-OH is 1. The summed E-state index contributed by atoms with van der Waals surface area (Å²) in [7, 11) is 1.65. The van der Waals surface area contributed by atoms with Gasteiger partial charge in [0.15, 0.2) is 0 Å². The van der Waals surface area contributed by atoms with Gasteiger partial charge in [-0.2, -0.15) is 0 Å². The topological polar surface area (TPSA) is 61.8 Å². The molecule has 23 heavy (non-hydrogen) atoms. The normalized spacial score (nSPS) is 18.3. The largest absolute Gasteiger partial charge is 0.392 e. The van der Waals surface area contributed by atoms with Gasteiger partial charge in [-0.05, 0) is 37.5 Å². The van der Waals surface area contributed by atoms with Crippen LogP contribution in [0.25, 0.3) is 0 Å². The number of urea groups is 1. The van der Waals surface area contributed by atoms with Crippen LogP contribution in [0.15, 0.2) is 24.3 Å². The highest BCUT2D eigenvalue weighted by Gasteiger charge is 2.35. The number of aliphatic hydroxyl groups is 1. The van der Waals surface area contributed by atoms with Crippen molar-refractivity contribution in [2.24, 2.45) is 0 Å². The fourth-order valence-corrected chi connectivity index (χ4v) is 2.99. The highest BCUT2D eigenvalue weighted by molar-refractivity contribution is 5.74. The second kappa shape index (κ2) is 7.75. The molecule has 5 nitrogen and oxygen atoms in total. The molecule has 0 aromatic heterocycles. The summed E-state index contributed by atoms with van der Waals surface area (Å²) in [5.41, 5.74) is 0.772. The molecule has 1 atom stereocenters. The fraction of sp³-hybridized carbons (Fsp3) is 0.588. The number of halogens is 1. The summed E-state index contributed by atoms with van der Waals surface area (Å²) in [5.74, 6) is -0.267. The molecule has 1 saturated heterocycles. The van der Waals surface area contributed by atoms with Crippen LogP contribution in [0.1, 0.15) is 25.3 Å². The molecule has 1 aromatic rings. The maximum Gasteiger partial charge on any atom is 0.317 e.